The van der Waals surface area contributed by atoms with Gasteiger partial charge in [0.2, 0.25) is 0 Å². The lowest BCUT2D eigenvalue weighted by Gasteiger charge is -2.21. The summed E-state index contributed by atoms with van der Waals surface area (Å²) in [5, 5.41) is 9.95. The Morgan fingerprint density at radius 3 is 2.31 bits per heavy atom. The molecule has 13 heavy (non-hydrogen) atoms. The lowest BCUT2D eigenvalue weighted by molar-refractivity contribution is 0.273. The van der Waals surface area contributed by atoms with Crippen molar-refractivity contribution in [2.24, 2.45) is 5.92 Å². The van der Waals surface area contributed by atoms with E-state index in [0.29, 0.717) is 11.7 Å². The predicted octanol–water partition coefficient (Wildman–Crippen LogP) is 3.50. The van der Waals surface area contributed by atoms with E-state index in [0.717, 1.165) is 18.4 Å². The Labute approximate surface area is 79.5 Å². The van der Waals surface area contributed by atoms with Crippen LogP contribution in [0.1, 0.15) is 32.1 Å². The summed E-state index contributed by atoms with van der Waals surface area (Å²) in [7, 11) is 0. The number of allylic oxidation sites excluding steroid dienone is 6. The second-order valence-electron chi connectivity index (χ2n) is 3.89. The molecular formula is C12H16O. The average molecular weight is 176 g/mol. The van der Waals surface area contributed by atoms with Gasteiger partial charge in [0.05, 0.1) is 0 Å². The molecule has 0 aromatic rings. The Morgan fingerprint density at radius 2 is 1.69 bits per heavy atom. The standard InChI is InChI=1S/C12H16O/c13-12(11-8-4-5-9-11)10-6-2-1-3-7-10/h4-5,8-10,13H,1-3,6-7H2. The molecule has 0 unspecified atom stereocenters. The first-order valence-electron chi connectivity index (χ1n) is 5.16. The van der Waals surface area contributed by atoms with Gasteiger partial charge in [-0.2, -0.15) is 0 Å². The molecule has 1 fully saturated rings. The van der Waals surface area contributed by atoms with E-state index in [-0.39, 0.29) is 0 Å². The molecule has 0 aromatic heterocycles. The summed E-state index contributed by atoms with van der Waals surface area (Å²) >= 11 is 0. The average Bonchev–Trinajstić information content (AvgIpc) is 2.71. The minimum atomic E-state index is 0.427. The van der Waals surface area contributed by atoms with Crippen molar-refractivity contribution in [1.29, 1.82) is 0 Å². The Bertz CT molecular complexity index is 251. The first-order chi connectivity index (χ1) is 6.38. The number of aliphatic hydroxyl groups is 1. The van der Waals surface area contributed by atoms with E-state index >= 15 is 0 Å². The van der Waals surface area contributed by atoms with Gasteiger partial charge in [0.1, 0.15) is 5.76 Å². The Hall–Kier alpha value is -0.980. The van der Waals surface area contributed by atoms with E-state index in [2.05, 4.69) is 0 Å². The fourth-order valence-corrected chi connectivity index (χ4v) is 2.16. The number of aliphatic hydroxyl groups excluding tert-OH is 1. The first-order valence-corrected chi connectivity index (χ1v) is 5.16. The molecule has 0 heterocycles. The molecule has 1 N–H and O–H groups in total. The maximum Gasteiger partial charge on any atom is 0.103 e. The van der Waals surface area contributed by atoms with Crippen molar-refractivity contribution in [3.05, 3.63) is 35.6 Å². The SMILES string of the molecule is OC(=C1C=CC=C1)C1CCCCC1. The van der Waals surface area contributed by atoms with Crippen LogP contribution in [0, 0.1) is 5.92 Å². The molecule has 0 spiro atoms. The molecule has 0 aromatic carbocycles. The third-order valence-corrected chi connectivity index (χ3v) is 2.95. The normalized spacial score (nSPS) is 22.6. The van der Waals surface area contributed by atoms with Gasteiger partial charge in [-0.3, -0.25) is 0 Å². The first kappa shape index (κ1) is 8.61. The summed E-state index contributed by atoms with van der Waals surface area (Å²) < 4.78 is 0. The molecule has 0 saturated heterocycles. The van der Waals surface area contributed by atoms with Gasteiger partial charge < -0.3 is 5.11 Å². The van der Waals surface area contributed by atoms with Crippen LogP contribution in [0.5, 0.6) is 0 Å². The molecule has 0 radical (unpaired) electrons. The minimum absolute atomic E-state index is 0.427. The molecule has 0 amide bonds. The molecule has 2 aliphatic rings. The number of hydrogen-bond donors (Lipinski definition) is 1. The second-order valence-corrected chi connectivity index (χ2v) is 3.89. The van der Waals surface area contributed by atoms with E-state index < -0.39 is 0 Å². The van der Waals surface area contributed by atoms with Gasteiger partial charge >= 0.3 is 0 Å². The highest BCUT2D eigenvalue weighted by molar-refractivity contribution is 5.42. The van der Waals surface area contributed by atoms with Crippen LogP contribution in [0.25, 0.3) is 0 Å². The van der Waals surface area contributed by atoms with Crippen molar-refractivity contribution in [2.45, 2.75) is 32.1 Å². The Kier molecular flexibility index (Phi) is 2.53. The number of rotatable bonds is 1. The van der Waals surface area contributed by atoms with Crippen LogP contribution < -0.4 is 0 Å². The highest BCUT2D eigenvalue weighted by Gasteiger charge is 2.19. The quantitative estimate of drug-likeness (QED) is 0.606. The Morgan fingerprint density at radius 1 is 1.08 bits per heavy atom. The van der Waals surface area contributed by atoms with E-state index in [1.807, 2.05) is 24.3 Å². The van der Waals surface area contributed by atoms with Gasteiger partial charge in [-0.1, -0.05) is 43.6 Å². The van der Waals surface area contributed by atoms with Crippen LogP contribution in [0.15, 0.2) is 35.6 Å². The van der Waals surface area contributed by atoms with Crippen LogP contribution in [0.4, 0.5) is 0 Å². The van der Waals surface area contributed by atoms with E-state index in [4.69, 9.17) is 0 Å². The third-order valence-electron chi connectivity index (χ3n) is 2.95. The summed E-state index contributed by atoms with van der Waals surface area (Å²) in [6, 6.07) is 0. The highest BCUT2D eigenvalue weighted by Crippen LogP contribution is 2.31. The molecule has 1 nitrogen and oxygen atoms in total. The largest absolute Gasteiger partial charge is 0.511 e. The lowest BCUT2D eigenvalue weighted by Crippen LogP contribution is -2.10. The van der Waals surface area contributed by atoms with Gasteiger partial charge in [-0.25, -0.2) is 0 Å². The zero-order valence-corrected chi connectivity index (χ0v) is 7.87. The molecular weight excluding hydrogens is 160 g/mol. The van der Waals surface area contributed by atoms with Gasteiger partial charge in [0, 0.05) is 11.5 Å². The summed E-state index contributed by atoms with van der Waals surface area (Å²) in [6.07, 6.45) is 14.2. The van der Waals surface area contributed by atoms with Crippen molar-refractivity contribution in [2.75, 3.05) is 0 Å². The van der Waals surface area contributed by atoms with Crippen molar-refractivity contribution in [3.8, 4) is 0 Å². The monoisotopic (exact) mass is 176 g/mol. The molecule has 0 atom stereocenters. The van der Waals surface area contributed by atoms with Gasteiger partial charge in [0.15, 0.2) is 0 Å². The molecule has 2 rings (SSSR count). The zero-order chi connectivity index (χ0) is 9.10. The minimum Gasteiger partial charge on any atom is -0.511 e. The highest BCUT2D eigenvalue weighted by atomic mass is 16.3. The van der Waals surface area contributed by atoms with Crippen molar-refractivity contribution in [1.82, 2.24) is 0 Å². The van der Waals surface area contributed by atoms with Crippen molar-refractivity contribution < 1.29 is 5.11 Å². The Balaban J connectivity index is 2.10. The van der Waals surface area contributed by atoms with Crippen LogP contribution in [-0.2, 0) is 0 Å². The van der Waals surface area contributed by atoms with Gasteiger partial charge in [-0.05, 0) is 12.8 Å². The molecule has 0 aliphatic heterocycles. The molecule has 2 aliphatic carbocycles. The van der Waals surface area contributed by atoms with Gasteiger partial charge in [0.25, 0.3) is 0 Å². The molecule has 1 saturated carbocycles. The fourth-order valence-electron chi connectivity index (χ4n) is 2.16. The van der Waals surface area contributed by atoms with Crippen molar-refractivity contribution in [3.63, 3.8) is 0 Å². The molecule has 1 heteroatoms. The van der Waals surface area contributed by atoms with E-state index in [9.17, 15) is 5.11 Å². The van der Waals surface area contributed by atoms with Crippen LogP contribution in [-0.4, -0.2) is 5.11 Å². The van der Waals surface area contributed by atoms with Crippen LogP contribution in [0.2, 0.25) is 0 Å². The van der Waals surface area contributed by atoms with Crippen LogP contribution in [0.3, 0.4) is 0 Å². The summed E-state index contributed by atoms with van der Waals surface area (Å²) in [4.78, 5) is 0. The number of hydrogen-bond acceptors (Lipinski definition) is 1. The molecule has 70 valence electrons. The summed E-state index contributed by atoms with van der Waals surface area (Å²) in [5.41, 5.74) is 1.02. The smallest absolute Gasteiger partial charge is 0.103 e. The lowest BCUT2D eigenvalue weighted by atomic mass is 9.86. The zero-order valence-electron chi connectivity index (χ0n) is 7.87. The maximum absolute atomic E-state index is 9.95. The topological polar surface area (TPSA) is 20.2 Å². The van der Waals surface area contributed by atoms with E-state index in [1.165, 1.54) is 19.3 Å². The van der Waals surface area contributed by atoms with Crippen molar-refractivity contribution >= 4 is 0 Å². The fraction of sp³-hybridized carbons (Fsp3) is 0.500. The molecule has 0 bridgehead atoms. The maximum atomic E-state index is 9.95. The predicted molar refractivity (Wildman–Crippen MR) is 54.5 cm³/mol. The summed E-state index contributed by atoms with van der Waals surface area (Å²) in [6.45, 7) is 0. The third kappa shape index (κ3) is 1.85. The second kappa shape index (κ2) is 3.82. The van der Waals surface area contributed by atoms with Gasteiger partial charge in [-0.15, -0.1) is 0 Å². The van der Waals surface area contributed by atoms with E-state index in [1.54, 1.807) is 0 Å². The summed E-state index contributed by atoms with van der Waals surface area (Å²) in [5.74, 6) is 1.04. The van der Waals surface area contributed by atoms with Crippen LogP contribution >= 0.6 is 0 Å².